The van der Waals surface area contributed by atoms with E-state index in [-0.39, 0.29) is 40.2 Å². The molecule has 1 heterocycles. The van der Waals surface area contributed by atoms with Crippen molar-refractivity contribution in [3.05, 3.63) is 30.3 Å². The second-order valence-corrected chi connectivity index (χ2v) is 11.5. The monoisotopic (exact) mass is 414 g/mol. The quantitative estimate of drug-likeness (QED) is 0.724. The summed E-state index contributed by atoms with van der Waals surface area (Å²) in [6.07, 6.45) is 3.44. The number of benzene rings is 1. The molecule has 2 fully saturated rings. The molecule has 1 aromatic carbocycles. The first kappa shape index (κ1) is 20.3. The number of hydrogen-bond donors (Lipinski definition) is 2. The third-order valence-electron chi connectivity index (χ3n) is 5.41. The van der Waals surface area contributed by atoms with Crippen LogP contribution < -0.4 is 10.0 Å². The van der Waals surface area contributed by atoms with Crippen molar-refractivity contribution in [1.29, 1.82) is 0 Å². The lowest BCUT2D eigenvalue weighted by Gasteiger charge is -2.28. The fourth-order valence-corrected chi connectivity index (χ4v) is 6.58. The molecule has 1 saturated carbocycles. The maximum absolute atomic E-state index is 12.4. The number of sulfone groups is 1. The summed E-state index contributed by atoms with van der Waals surface area (Å²) in [5, 5.41) is 2.87. The van der Waals surface area contributed by atoms with Gasteiger partial charge in [0.15, 0.2) is 9.84 Å². The van der Waals surface area contributed by atoms with E-state index in [1.165, 1.54) is 0 Å². The van der Waals surface area contributed by atoms with E-state index in [9.17, 15) is 21.6 Å². The highest BCUT2D eigenvalue weighted by Crippen LogP contribution is 2.29. The predicted octanol–water partition coefficient (Wildman–Crippen LogP) is 1.07. The highest BCUT2D eigenvalue weighted by Gasteiger charge is 2.32. The van der Waals surface area contributed by atoms with Crippen LogP contribution in [0.15, 0.2) is 35.2 Å². The smallest absolute Gasteiger partial charge is 0.240 e. The van der Waals surface area contributed by atoms with Crippen molar-refractivity contribution in [2.45, 2.75) is 43.0 Å². The largest absolute Gasteiger partial charge is 0.352 e. The molecule has 1 amide bonds. The van der Waals surface area contributed by atoms with Crippen LogP contribution in [0.1, 0.15) is 32.1 Å². The Morgan fingerprint density at radius 2 is 1.70 bits per heavy atom. The SMILES string of the molecule is O=C(N[C@H]1CCS(=O)(=O)C1)C1CCC(CNS(=O)(=O)c2ccccc2)CC1. The molecule has 0 aromatic heterocycles. The molecule has 0 spiro atoms. The molecule has 1 aliphatic carbocycles. The molecule has 27 heavy (non-hydrogen) atoms. The van der Waals surface area contributed by atoms with Gasteiger partial charge in [-0.1, -0.05) is 18.2 Å². The fourth-order valence-electron chi connectivity index (χ4n) is 3.77. The summed E-state index contributed by atoms with van der Waals surface area (Å²) in [7, 11) is -6.51. The topological polar surface area (TPSA) is 109 Å². The van der Waals surface area contributed by atoms with E-state index in [1.807, 2.05) is 0 Å². The average molecular weight is 415 g/mol. The third kappa shape index (κ3) is 5.52. The standard InChI is InChI=1S/C18H26N2O5S2/c21-18(20-16-10-11-26(22,23)13-16)15-8-6-14(7-9-15)12-19-27(24,25)17-4-2-1-3-5-17/h1-5,14-16,19H,6-13H2,(H,20,21)/t14?,15?,16-/m0/s1. The lowest BCUT2D eigenvalue weighted by molar-refractivity contribution is -0.126. The molecule has 7 nitrogen and oxygen atoms in total. The Hall–Kier alpha value is -1.45. The minimum atomic E-state index is -3.50. The Bertz CT molecular complexity index is 860. The van der Waals surface area contributed by atoms with Crippen molar-refractivity contribution >= 4 is 25.8 Å². The zero-order valence-electron chi connectivity index (χ0n) is 15.1. The van der Waals surface area contributed by atoms with Gasteiger partial charge in [-0.3, -0.25) is 4.79 Å². The van der Waals surface area contributed by atoms with Gasteiger partial charge < -0.3 is 5.32 Å². The molecule has 0 unspecified atom stereocenters. The van der Waals surface area contributed by atoms with E-state index in [2.05, 4.69) is 10.0 Å². The van der Waals surface area contributed by atoms with E-state index in [0.717, 1.165) is 12.8 Å². The highest BCUT2D eigenvalue weighted by molar-refractivity contribution is 7.91. The van der Waals surface area contributed by atoms with Gasteiger partial charge >= 0.3 is 0 Å². The van der Waals surface area contributed by atoms with E-state index in [0.29, 0.717) is 25.8 Å². The van der Waals surface area contributed by atoms with Crippen LogP contribution in [-0.2, 0) is 24.7 Å². The second-order valence-electron chi connectivity index (χ2n) is 7.49. The first-order valence-corrected chi connectivity index (χ1v) is 12.6. The van der Waals surface area contributed by atoms with Gasteiger partial charge in [0.2, 0.25) is 15.9 Å². The fraction of sp³-hybridized carbons (Fsp3) is 0.611. The molecular formula is C18H26N2O5S2. The van der Waals surface area contributed by atoms with Gasteiger partial charge in [-0.05, 0) is 50.2 Å². The van der Waals surface area contributed by atoms with E-state index in [1.54, 1.807) is 30.3 Å². The number of hydrogen-bond acceptors (Lipinski definition) is 5. The van der Waals surface area contributed by atoms with Crippen LogP contribution in [0.2, 0.25) is 0 Å². The number of nitrogens with one attached hydrogen (secondary N) is 2. The molecule has 2 aliphatic rings. The van der Waals surface area contributed by atoms with Gasteiger partial charge in [-0.15, -0.1) is 0 Å². The van der Waals surface area contributed by atoms with Gasteiger partial charge in [-0.2, -0.15) is 0 Å². The number of sulfonamides is 1. The minimum absolute atomic E-state index is 0.0371. The predicted molar refractivity (Wildman–Crippen MR) is 102 cm³/mol. The zero-order valence-corrected chi connectivity index (χ0v) is 16.8. The van der Waals surface area contributed by atoms with E-state index in [4.69, 9.17) is 0 Å². The molecule has 2 N–H and O–H groups in total. The Labute approximate surface area is 160 Å². The molecule has 1 atom stereocenters. The van der Waals surface area contributed by atoms with Crippen molar-refractivity contribution in [2.75, 3.05) is 18.1 Å². The number of carbonyl (C=O) groups excluding carboxylic acids is 1. The van der Waals surface area contributed by atoms with Crippen LogP contribution in [-0.4, -0.2) is 46.8 Å². The van der Waals surface area contributed by atoms with Crippen LogP contribution in [0.5, 0.6) is 0 Å². The molecule has 0 bridgehead atoms. The first-order chi connectivity index (χ1) is 12.8. The summed E-state index contributed by atoms with van der Waals surface area (Å²) in [4.78, 5) is 12.6. The Balaban J connectivity index is 1.43. The number of amides is 1. The second kappa shape index (κ2) is 8.28. The van der Waals surface area contributed by atoms with Gasteiger partial charge in [-0.25, -0.2) is 21.6 Å². The normalized spacial score (nSPS) is 27.9. The molecule has 1 aromatic rings. The summed E-state index contributed by atoms with van der Waals surface area (Å²) in [6, 6.07) is 8.01. The van der Waals surface area contributed by atoms with Gasteiger partial charge in [0.1, 0.15) is 0 Å². The van der Waals surface area contributed by atoms with Crippen LogP contribution in [0, 0.1) is 11.8 Å². The Morgan fingerprint density at radius 1 is 1.04 bits per heavy atom. The molecule has 3 rings (SSSR count). The van der Waals surface area contributed by atoms with Crippen LogP contribution in [0.4, 0.5) is 0 Å². The van der Waals surface area contributed by atoms with Crippen molar-refractivity contribution in [3.8, 4) is 0 Å². The summed E-state index contributed by atoms with van der Waals surface area (Å²) in [5.41, 5.74) is 0. The molecule has 9 heteroatoms. The third-order valence-corrected chi connectivity index (χ3v) is 8.62. The zero-order chi connectivity index (χ0) is 19.5. The molecule has 1 aliphatic heterocycles. The summed E-state index contributed by atoms with van der Waals surface area (Å²) < 4.78 is 50.2. The van der Waals surface area contributed by atoms with Crippen molar-refractivity contribution < 1.29 is 21.6 Å². The molecular weight excluding hydrogens is 388 g/mol. The summed E-state index contributed by atoms with van der Waals surface area (Å²) >= 11 is 0. The maximum atomic E-state index is 12.4. The van der Waals surface area contributed by atoms with E-state index < -0.39 is 19.9 Å². The highest BCUT2D eigenvalue weighted by atomic mass is 32.2. The number of rotatable bonds is 6. The summed E-state index contributed by atoms with van der Waals surface area (Å²) in [5.74, 6) is 0.205. The Morgan fingerprint density at radius 3 is 2.30 bits per heavy atom. The van der Waals surface area contributed by atoms with Gasteiger partial charge in [0, 0.05) is 18.5 Å². The van der Waals surface area contributed by atoms with Crippen LogP contribution >= 0.6 is 0 Å². The van der Waals surface area contributed by atoms with Crippen molar-refractivity contribution in [1.82, 2.24) is 10.0 Å². The van der Waals surface area contributed by atoms with Gasteiger partial charge in [0.05, 0.1) is 16.4 Å². The average Bonchev–Trinajstić information content (AvgIpc) is 2.99. The maximum Gasteiger partial charge on any atom is 0.240 e. The van der Waals surface area contributed by atoms with Crippen molar-refractivity contribution in [2.24, 2.45) is 11.8 Å². The number of carbonyl (C=O) groups is 1. The molecule has 0 radical (unpaired) electrons. The van der Waals surface area contributed by atoms with Gasteiger partial charge in [0.25, 0.3) is 0 Å². The van der Waals surface area contributed by atoms with Crippen LogP contribution in [0.3, 0.4) is 0 Å². The molecule has 1 saturated heterocycles. The van der Waals surface area contributed by atoms with Crippen LogP contribution in [0.25, 0.3) is 0 Å². The lowest BCUT2D eigenvalue weighted by atomic mass is 9.81. The summed E-state index contributed by atoms with van der Waals surface area (Å²) in [6.45, 7) is 0.367. The van der Waals surface area contributed by atoms with Crippen molar-refractivity contribution in [3.63, 3.8) is 0 Å². The van der Waals surface area contributed by atoms with E-state index >= 15 is 0 Å². The molecule has 150 valence electrons. The Kier molecular flexibility index (Phi) is 6.22. The first-order valence-electron chi connectivity index (χ1n) is 9.31. The lowest BCUT2D eigenvalue weighted by Crippen LogP contribution is -2.41. The minimum Gasteiger partial charge on any atom is -0.352 e.